The van der Waals surface area contributed by atoms with Gasteiger partial charge in [-0.25, -0.2) is 4.68 Å². The first-order valence-electron chi connectivity index (χ1n) is 11.4. The van der Waals surface area contributed by atoms with Gasteiger partial charge in [-0.1, -0.05) is 44.0 Å². The first-order valence-corrected chi connectivity index (χ1v) is 12.4. The minimum absolute atomic E-state index is 0.119. The summed E-state index contributed by atoms with van der Waals surface area (Å²) in [5, 5.41) is 5.22. The average molecular weight is 465 g/mol. The van der Waals surface area contributed by atoms with E-state index in [2.05, 4.69) is 35.0 Å². The molecule has 0 bridgehead atoms. The average Bonchev–Trinajstić information content (AvgIpc) is 3.31. The van der Waals surface area contributed by atoms with Crippen LogP contribution in [0.1, 0.15) is 54.2 Å². The van der Waals surface area contributed by atoms with Crippen molar-refractivity contribution in [3.63, 3.8) is 0 Å². The molecule has 1 aliphatic carbocycles. The van der Waals surface area contributed by atoms with Gasteiger partial charge in [0.2, 0.25) is 5.91 Å². The first-order chi connectivity index (χ1) is 16.1. The number of hydrazine groups is 1. The summed E-state index contributed by atoms with van der Waals surface area (Å²) in [6, 6.07) is 13.2. The lowest BCUT2D eigenvalue weighted by Crippen LogP contribution is -2.43. The molecule has 0 atom stereocenters. The molecule has 3 aromatic rings. The van der Waals surface area contributed by atoms with Crippen LogP contribution in [0.5, 0.6) is 0 Å². The van der Waals surface area contributed by atoms with E-state index in [-0.39, 0.29) is 22.9 Å². The van der Waals surface area contributed by atoms with Gasteiger partial charge in [0.05, 0.1) is 11.1 Å². The van der Waals surface area contributed by atoms with Gasteiger partial charge >= 0.3 is 0 Å². The van der Waals surface area contributed by atoms with Crippen molar-refractivity contribution in [2.75, 3.05) is 5.75 Å². The Labute approximate surface area is 196 Å². The van der Waals surface area contributed by atoms with E-state index in [1.165, 1.54) is 34.0 Å². The highest BCUT2D eigenvalue weighted by atomic mass is 32.2. The SMILES string of the molecule is CCCCCn1nc(C(=O)NNC(=O)CSc2ccc3c(c2)CCC3)c2ccccc2c1=O. The maximum atomic E-state index is 12.8. The van der Waals surface area contributed by atoms with Crippen molar-refractivity contribution in [1.82, 2.24) is 20.6 Å². The monoisotopic (exact) mass is 464 g/mol. The maximum Gasteiger partial charge on any atom is 0.290 e. The molecule has 1 aliphatic rings. The zero-order chi connectivity index (χ0) is 23.2. The smallest absolute Gasteiger partial charge is 0.272 e. The van der Waals surface area contributed by atoms with Gasteiger partial charge in [-0.2, -0.15) is 5.10 Å². The molecule has 0 spiro atoms. The Hall–Kier alpha value is -3.13. The summed E-state index contributed by atoms with van der Waals surface area (Å²) >= 11 is 1.44. The summed E-state index contributed by atoms with van der Waals surface area (Å²) in [4.78, 5) is 39.0. The summed E-state index contributed by atoms with van der Waals surface area (Å²) in [6.45, 7) is 2.53. The van der Waals surface area contributed by atoms with E-state index in [4.69, 9.17) is 0 Å². The van der Waals surface area contributed by atoms with Crippen molar-refractivity contribution < 1.29 is 9.59 Å². The van der Waals surface area contributed by atoms with Gasteiger partial charge in [-0.3, -0.25) is 25.2 Å². The molecule has 1 aromatic heterocycles. The minimum Gasteiger partial charge on any atom is -0.272 e. The van der Waals surface area contributed by atoms with Crippen LogP contribution in [0.2, 0.25) is 0 Å². The van der Waals surface area contributed by atoms with Gasteiger partial charge in [0.15, 0.2) is 5.69 Å². The van der Waals surface area contributed by atoms with E-state index >= 15 is 0 Å². The van der Waals surface area contributed by atoms with Crippen molar-refractivity contribution >= 4 is 34.3 Å². The molecule has 2 aromatic carbocycles. The standard InChI is InChI=1S/C25H28N4O3S/c1-2-3-6-14-29-25(32)21-11-5-4-10-20(21)23(28-29)24(31)27-26-22(30)16-33-19-13-12-17-8-7-9-18(17)15-19/h4-5,10-13,15H,2-3,6-9,14,16H2,1H3,(H,26,30)(H,27,31). The van der Waals surface area contributed by atoms with E-state index < -0.39 is 5.91 Å². The molecule has 172 valence electrons. The van der Waals surface area contributed by atoms with Gasteiger partial charge in [0.1, 0.15) is 0 Å². The fraction of sp³-hybridized carbons (Fsp3) is 0.360. The predicted molar refractivity (Wildman–Crippen MR) is 130 cm³/mol. The number of unbranched alkanes of at least 4 members (excludes halogenated alkanes) is 2. The third-order valence-corrected chi connectivity index (χ3v) is 6.81. The molecule has 0 fully saturated rings. The van der Waals surface area contributed by atoms with Gasteiger partial charge in [0.25, 0.3) is 11.5 Å². The van der Waals surface area contributed by atoms with E-state index in [1.807, 2.05) is 6.07 Å². The molecule has 0 unspecified atom stereocenters. The van der Waals surface area contributed by atoms with E-state index in [0.29, 0.717) is 17.3 Å². The topological polar surface area (TPSA) is 93.1 Å². The molecule has 4 rings (SSSR count). The number of carbonyl (C=O) groups is 2. The molecule has 0 radical (unpaired) electrons. The highest BCUT2D eigenvalue weighted by Gasteiger charge is 2.17. The first kappa shape index (κ1) is 23.0. The second-order valence-electron chi connectivity index (χ2n) is 8.20. The van der Waals surface area contributed by atoms with Gasteiger partial charge in [0, 0.05) is 16.8 Å². The lowest BCUT2D eigenvalue weighted by molar-refractivity contribution is -0.119. The number of carbonyl (C=O) groups excluding carboxylic acids is 2. The number of benzene rings is 2. The van der Waals surface area contributed by atoms with Gasteiger partial charge in [-0.15, -0.1) is 11.8 Å². The largest absolute Gasteiger partial charge is 0.290 e. The number of thioether (sulfide) groups is 1. The Morgan fingerprint density at radius 3 is 2.64 bits per heavy atom. The number of hydrogen-bond donors (Lipinski definition) is 2. The lowest BCUT2D eigenvalue weighted by atomic mass is 10.1. The predicted octanol–water partition coefficient (Wildman–Crippen LogP) is 3.63. The summed E-state index contributed by atoms with van der Waals surface area (Å²) in [6.07, 6.45) is 6.20. The second kappa shape index (κ2) is 10.7. The van der Waals surface area contributed by atoms with Crippen LogP contribution in [0.15, 0.2) is 52.2 Å². The number of hydrogen-bond acceptors (Lipinski definition) is 5. The Bertz CT molecular complexity index is 1240. The zero-order valence-electron chi connectivity index (χ0n) is 18.7. The van der Waals surface area contributed by atoms with Crippen LogP contribution in [0.4, 0.5) is 0 Å². The highest BCUT2D eigenvalue weighted by molar-refractivity contribution is 8.00. The quantitative estimate of drug-likeness (QED) is 0.302. The number of amides is 2. The van der Waals surface area contributed by atoms with Crippen molar-refractivity contribution in [3.8, 4) is 0 Å². The molecule has 1 heterocycles. The Kier molecular flexibility index (Phi) is 7.44. The number of fused-ring (bicyclic) bond motifs is 2. The Morgan fingerprint density at radius 1 is 1.03 bits per heavy atom. The molecule has 0 saturated carbocycles. The van der Waals surface area contributed by atoms with Crippen molar-refractivity contribution in [1.29, 1.82) is 0 Å². The molecule has 2 amide bonds. The Balaban J connectivity index is 1.41. The van der Waals surface area contributed by atoms with Crippen LogP contribution in [-0.4, -0.2) is 27.3 Å². The number of nitrogens with zero attached hydrogens (tertiary/aromatic N) is 2. The summed E-state index contributed by atoms with van der Waals surface area (Å²) in [5.74, 6) is -0.676. The molecule has 33 heavy (non-hydrogen) atoms. The number of rotatable bonds is 8. The van der Waals surface area contributed by atoms with Crippen molar-refractivity contribution in [3.05, 3.63) is 69.6 Å². The van der Waals surface area contributed by atoms with Crippen LogP contribution < -0.4 is 16.4 Å². The molecular weight excluding hydrogens is 436 g/mol. The molecule has 0 saturated heterocycles. The molecule has 7 nitrogen and oxygen atoms in total. The number of aryl methyl sites for hydroxylation is 3. The van der Waals surface area contributed by atoms with Crippen LogP contribution in [0.3, 0.4) is 0 Å². The van der Waals surface area contributed by atoms with Crippen molar-refractivity contribution in [2.45, 2.75) is 56.9 Å². The zero-order valence-corrected chi connectivity index (χ0v) is 19.5. The van der Waals surface area contributed by atoms with E-state index in [9.17, 15) is 14.4 Å². The van der Waals surface area contributed by atoms with Gasteiger partial charge in [-0.05, 0) is 55.0 Å². The summed E-state index contributed by atoms with van der Waals surface area (Å²) in [7, 11) is 0. The van der Waals surface area contributed by atoms with Crippen molar-refractivity contribution in [2.24, 2.45) is 0 Å². The van der Waals surface area contributed by atoms with E-state index in [0.717, 1.165) is 37.0 Å². The normalized spacial score (nSPS) is 12.5. The molecule has 0 aliphatic heterocycles. The maximum absolute atomic E-state index is 12.8. The third kappa shape index (κ3) is 5.45. The van der Waals surface area contributed by atoms with E-state index in [1.54, 1.807) is 24.3 Å². The van der Waals surface area contributed by atoms with Crippen LogP contribution in [0, 0.1) is 0 Å². The van der Waals surface area contributed by atoms with Gasteiger partial charge < -0.3 is 0 Å². The molecule has 2 N–H and O–H groups in total. The van der Waals surface area contributed by atoms with Crippen LogP contribution in [-0.2, 0) is 24.2 Å². The molecule has 8 heteroatoms. The third-order valence-electron chi connectivity index (χ3n) is 5.81. The summed E-state index contributed by atoms with van der Waals surface area (Å²) < 4.78 is 1.35. The van der Waals surface area contributed by atoms with Crippen LogP contribution in [0.25, 0.3) is 10.8 Å². The Morgan fingerprint density at radius 2 is 1.82 bits per heavy atom. The lowest BCUT2D eigenvalue weighted by Gasteiger charge is -2.12. The highest BCUT2D eigenvalue weighted by Crippen LogP contribution is 2.27. The summed E-state index contributed by atoms with van der Waals surface area (Å²) in [5.41, 5.74) is 7.58. The molecular formula is C25H28N4O3S. The number of nitrogens with one attached hydrogen (secondary N) is 2. The fourth-order valence-electron chi connectivity index (χ4n) is 4.07. The second-order valence-corrected chi connectivity index (χ2v) is 9.25. The number of aromatic nitrogens is 2. The van der Waals surface area contributed by atoms with Crippen LogP contribution >= 0.6 is 11.8 Å². The fourth-order valence-corrected chi connectivity index (χ4v) is 4.83. The minimum atomic E-state index is -0.550.